The van der Waals surface area contributed by atoms with Crippen LogP contribution in [0.15, 0.2) is 22.7 Å². The summed E-state index contributed by atoms with van der Waals surface area (Å²) in [6.07, 6.45) is 0. The molecule has 2 N–H and O–H groups in total. The van der Waals surface area contributed by atoms with Crippen molar-refractivity contribution >= 4 is 31.6 Å². The molecule has 1 fully saturated rings. The summed E-state index contributed by atoms with van der Waals surface area (Å²) in [5.41, 5.74) is -0.0344. The highest BCUT2D eigenvalue weighted by Crippen LogP contribution is 2.26. The van der Waals surface area contributed by atoms with Crippen LogP contribution in [0.25, 0.3) is 0 Å². The molecule has 1 heterocycles. The van der Waals surface area contributed by atoms with Gasteiger partial charge >= 0.3 is 0 Å². The van der Waals surface area contributed by atoms with Gasteiger partial charge in [-0.05, 0) is 28.1 Å². The molecule has 0 amide bonds. The Bertz CT molecular complexity index is 542. The average Bonchev–Trinajstić information content (AvgIpc) is 2.42. The van der Waals surface area contributed by atoms with Crippen LogP contribution in [-0.2, 0) is 10.0 Å². The Morgan fingerprint density at radius 1 is 1.35 bits per heavy atom. The molecule has 8 heteroatoms. The first-order chi connectivity index (χ1) is 9.48. The summed E-state index contributed by atoms with van der Waals surface area (Å²) in [5, 5.41) is 3.20. The van der Waals surface area contributed by atoms with Gasteiger partial charge in [-0.3, -0.25) is 9.62 Å². The lowest BCUT2D eigenvalue weighted by Crippen LogP contribution is -2.45. The Morgan fingerprint density at radius 3 is 2.70 bits per heavy atom. The molecule has 1 saturated heterocycles. The minimum absolute atomic E-state index is 0.0344. The van der Waals surface area contributed by atoms with Gasteiger partial charge in [0.25, 0.3) is 0 Å². The van der Waals surface area contributed by atoms with E-state index in [9.17, 15) is 12.8 Å². The van der Waals surface area contributed by atoms with E-state index in [-0.39, 0.29) is 11.4 Å². The largest absolute Gasteiger partial charge is 0.314 e. The molecule has 2 rings (SSSR count). The van der Waals surface area contributed by atoms with Crippen LogP contribution in [0.4, 0.5) is 10.1 Å². The highest BCUT2D eigenvalue weighted by molar-refractivity contribution is 9.10. The number of para-hydroxylation sites is 1. The Hall–Kier alpha value is -0.700. The predicted molar refractivity (Wildman–Crippen MR) is 80.8 cm³/mol. The van der Waals surface area contributed by atoms with Gasteiger partial charge in [0.15, 0.2) is 0 Å². The molecule has 0 aromatic heterocycles. The first kappa shape index (κ1) is 15.7. The van der Waals surface area contributed by atoms with E-state index in [1.54, 1.807) is 6.07 Å². The zero-order valence-electron chi connectivity index (χ0n) is 10.9. The molecule has 1 aromatic rings. The molecule has 0 radical (unpaired) electrons. The minimum atomic E-state index is -3.56. The maximum absolute atomic E-state index is 13.6. The first-order valence-electron chi connectivity index (χ1n) is 6.35. The number of nitrogens with one attached hydrogen (secondary N) is 2. The van der Waals surface area contributed by atoms with Crippen LogP contribution in [0.5, 0.6) is 0 Å². The molecular formula is C12H17BrFN3O2S. The first-order valence-corrected chi connectivity index (χ1v) is 8.80. The van der Waals surface area contributed by atoms with E-state index in [1.807, 2.05) is 0 Å². The van der Waals surface area contributed by atoms with Gasteiger partial charge in [-0.25, -0.2) is 12.8 Å². The van der Waals surface area contributed by atoms with Crippen molar-refractivity contribution in [3.63, 3.8) is 0 Å². The molecule has 1 aliphatic heterocycles. The van der Waals surface area contributed by atoms with Gasteiger partial charge in [-0.1, -0.05) is 6.07 Å². The SMILES string of the molecule is O=S(=O)(CCN1CCNCC1)Nc1c(F)cccc1Br. The van der Waals surface area contributed by atoms with Crippen LogP contribution < -0.4 is 10.0 Å². The second-order valence-corrected chi connectivity index (χ2v) is 7.31. The number of hydrogen-bond donors (Lipinski definition) is 2. The number of piperazine rings is 1. The smallest absolute Gasteiger partial charge is 0.234 e. The molecule has 20 heavy (non-hydrogen) atoms. The van der Waals surface area contributed by atoms with Crippen molar-refractivity contribution in [1.29, 1.82) is 0 Å². The van der Waals surface area contributed by atoms with Gasteiger partial charge in [0.1, 0.15) is 5.82 Å². The van der Waals surface area contributed by atoms with Gasteiger partial charge in [0.2, 0.25) is 10.0 Å². The van der Waals surface area contributed by atoms with Crippen LogP contribution in [0.2, 0.25) is 0 Å². The van der Waals surface area contributed by atoms with Crippen molar-refractivity contribution in [2.24, 2.45) is 0 Å². The van der Waals surface area contributed by atoms with E-state index < -0.39 is 15.8 Å². The lowest BCUT2D eigenvalue weighted by molar-refractivity contribution is 0.254. The molecule has 1 aliphatic rings. The van der Waals surface area contributed by atoms with Gasteiger partial charge < -0.3 is 5.32 Å². The van der Waals surface area contributed by atoms with E-state index in [0.29, 0.717) is 11.0 Å². The maximum atomic E-state index is 13.6. The minimum Gasteiger partial charge on any atom is -0.314 e. The van der Waals surface area contributed by atoms with E-state index in [2.05, 4.69) is 30.9 Å². The van der Waals surface area contributed by atoms with Crippen LogP contribution in [-0.4, -0.2) is 51.8 Å². The molecular weight excluding hydrogens is 349 g/mol. The van der Waals surface area contributed by atoms with Crippen molar-refractivity contribution in [2.45, 2.75) is 0 Å². The van der Waals surface area contributed by atoms with E-state index in [1.165, 1.54) is 12.1 Å². The standard InChI is InChI=1S/C12H17BrFN3O2S/c13-10-2-1-3-11(14)12(10)16-20(18,19)9-8-17-6-4-15-5-7-17/h1-3,15-16H,4-9H2. The molecule has 0 saturated carbocycles. The lowest BCUT2D eigenvalue weighted by Gasteiger charge is -2.27. The van der Waals surface area contributed by atoms with Gasteiger partial charge in [0, 0.05) is 37.2 Å². The zero-order chi connectivity index (χ0) is 14.6. The van der Waals surface area contributed by atoms with Crippen molar-refractivity contribution in [2.75, 3.05) is 43.2 Å². The van der Waals surface area contributed by atoms with Crippen molar-refractivity contribution in [3.05, 3.63) is 28.5 Å². The number of anilines is 1. The summed E-state index contributed by atoms with van der Waals surface area (Å²) < 4.78 is 40.3. The van der Waals surface area contributed by atoms with E-state index in [4.69, 9.17) is 0 Å². The molecule has 0 atom stereocenters. The third kappa shape index (κ3) is 4.41. The highest BCUT2D eigenvalue weighted by Gasteiger charge is 2.18. The molecule has 1 aromatic carbocycles. The monoisotopic (exact) mass is 365 g/mol. The maximum Gasteiger partial charge on any atom is 0.234 e. The summed E-state index contributed by atoms with van der Waals surface area (Å²) in [6, 6.07) is 4.33. The number of rotatable bonds is 5. The lowest BCUT2D eigenvalue weighted by atomic mass is 10.3. The van der Waals surface area contributed by atoms with Crippen LogP contribution in [0, 0.1) is 5.82 Å². The Morgan fingerprint density at radius 2 is 2.05 bits per heavy atom. The van der Waals surface area contributed by atoms with Crippen molar-refractivity contribution < 1.29 is 12.8 Å². The molecule has 0 bridgehead atoms. The zero-order valence-corrected chi connectivity index (χ0v) is 13.3. The second-order valence-electron chi connectivity index (χ2n) is 4.61. The molecule has 0 spiro atoms. The van der Waals surface area contributed by atoms with E-state index >= 15 is 0 Å². The van der Waals surface area contributed by atoms with Crippen LogP contribution in [0.3, 0.4) is 0 Å². The number of nitrogens with zero attached hydrogens (tertiary/aromatic N) is 1. The van der Waals surface area contributed by atoms with Gasteiger partial charge in [0.05, 0.1) is 11.4 Å². The third-order valence-electron chi connectivity index (χ3n) is 3.11. The average molecular weight is 366 g/mol. The number of benzene rings is 1. The number of halogens is 2. The summed E-state index contributed by atoms with van der Waals surface area (Å²) >= 11 is 3.14. The summed E-state index contributed by atoms with van der Waals surface area (Å²) in [6.45, 7) is 3.85. The summed E-state index contributed by atoms with van der Waals surface area (Å²) in [7, 11) is -3.56. The fraction of sp³-hybridized carbons (Fsp3) is 0.500. The predicted octanol–water partition coefficient (Wildman–Crippen LogP) is 1.24. The molecule has 112 valence electrons. The van der Waals surface area contributed by atoms with Crippen molar-refractivity contribution in [3.8, 4) is 0 Å². The Kier molecular flexibility index (Phi) is 5.36. The van der Waals surface area contributed by atoms with E-state index in [0.717, 1.165) is 26.2 Å². The van der Waals surface area contributed by atoms with Gasteiger partial charge in [-0.2, -0.15) is 0 Å². The molecule has 0 unspecified atom stereocenters. The Labute approximate surface area is 126 Å². The fourth-order valence-electron chi connectivity index (χ4n) is 1.99. The third-order valence-corrected chi connectivity index (χ3v) is 5.00. The fourth-order valence-corrected chi connectivity index (χ4v) is 3.68. The number of sulfonamides is 1. The molecule has 0 aliphatic carbocycles. The van der Waals surface area contributed by atoms with Crippen LogP contribution in [0.1, 0.15) is 0 Å². The van der Waals surface area contributed by atoms with Crippen LogP contribution >= 0.6 is 15.9 Å². The highest BCUT2D eigenvalue weighted by atomic mass is 79.9. The molecule has 5 nitrogen and oxygen atoms in total. The quantitative estimate of drug-likeness (QED) is 0.823. The second kappa shape index (κ2) is 6.84. The normalized spacial score (nSPS) is 17.1. The topological polar surface area (TPSA) is 61.4 Å². The Balaban J connectivity index is 1.96. The summed E-state index contributed by atoms with van der Waals surface area (Å²) in [4.78, 5) is 2.08. The number of hydrogen-bond acceptors (Lipinski definition) is 4. The van der Waals surface area contributed by atoms with Gasteiger partial charge in [-0.15, -0.1) is 0 Å². The summed E-state index contributed by atoms with van der Waals surface area (Å²) in [5.74, 6) is -0.640. The van der Waals surface area contributed by atoms with Crippen molar-refractivity contribution in [1.82, 2.24) is 10.2 Å².